The molecule has 0 radical (unpaired) electrons. The molecule has 1 N–H and O–H groups in total. The van der Waals surface area contributed by atoms with Crippen LogP contribution >= 0.6 is 0 Å². The topological polar surface area (TPSA) is 61.9 Å². The van der Waals surface area contributed by atoms with Crippen LogP contribution in [0.5, 0.6) is 5.75 Å². The Bertz CT molecular complexity index is 588. The molecule has 0 aromatic heterocycles. The maximum atomic E-state index is 12.3. The van der Waals surface area contributed by atoms with Crippen molar-refractivity contribution in [1.29, 1.82) is 0 Å². The Morgan fingerprint density at radius 1 is 1.25 bits per heavy atom. The average Bonchev–Trinajstić information content (AvgIpc) is 3.22. The maximum Gasteiger partial charge on any atom is 0.260 e. The number of carbonyl (C=O) groups excluding carboxylic acids is 2. The molecular formula is C18H25N3O3. The predicted octanol–water partition coefficient (Wildman–Crippen LogP) is 1.40. The van der Waals surface area contributed by atoms with Crippen LogP contribution in [0.2, 0.25) is 0 Å². The highest BCUT2D eigenvalue weighted by molar-refractivity contribution is 5.95. The van der Waals surface area contributed by atoms with Gasteiger partial charge in [0.05, 0.1) is 0 Å². The molecule has 0 spiro atoms. The van der Waals surface area contributed by atoms with Crippen LogP contribution in [0.4, 0.5) is 5.69 Å². The molecule has 2 aliphatic rings. The van der Waals surface area contributed by atoms with Crippen molar-refractivity contribution in [2.24, 2.45) is 0 Å². The van der Waals surface area contributed by atoms with Crippen LogP contribution < -0.4 is 15.0 Å². The van der Waals surface area contributed by atoms with E-state index in [9.17, 15) is 9.59 Å². The summed E-state index contributed by atoms with van der Waals surface area (Å²) in [6.07, 6.45) is 3.63. The van der Waals surface area contributed by atoms with Gasteiger partial charge in [-0.15, -0.1) is 0 Å². The molecule has 130 valence electrons. The van der Waals surface area contributed by atoms with Gasteiger partial charge in [-0.1, -0.05) is 0 Å². The molecule has 2 heterocycles. The molecule has 1 aromatic carbocycles. The van der Waals surface area contributed by atoms with Crippen LogP contribution in [0.15, 0.2) is 24.3 Å². The van der Waals surface area contributed by atoms with E-state index in [2.05, 4.69) is 5.32 Å². The smallest absolute Gasteiger partial charge is 0.260 e. The van der Waals surface area contributed by atoms with Crippen LogP contribution in [0.1, 0.15) is 25.7 Å². The molecule has 2 saturated heterocycles. The fraction of sp³-hybridized carbons (Fsp3) is 0.556. The van der Waals surface area contributed by atoms with Gasteiger partial charge in [-0.25, -0.2) is 0 Å². The number of hydrogen-bond acceptors (Lipinski definition) is 4. The largest absolute Gasteiger partial charge is 0.484 e. The summed E-state index contributed by atoms with van der Waals surface area (Å²) in [5, 5.41) is 3.14. The summed E-state index contributed by atoms with van der Waals surface area (Å²) in [5.41, 5.74) is 0.893. The lowest BCUT2D eigenvalue weighted by Crippen LogP contribution is -2.43. The molecule has 1 unspecified atom stereocenters. The van der Waals surface area contributed by atoms with Gasteiger partial charge in [0.1, 0.15) is 5.75 Å². The molecule has 1 aromatic rings. The molecule has 6 heteroatoms. The lowest BCUT2D eigenvalue weighted by Gasteiger charge is -2.24. The van der Waals surface area contributed by atoms with Gasteiger partial charge in [0.2, 0.25) is 5.91 Å². The van der Waals surface area contributed by atoms with E-state index in [1.807, 2.05) is 36.2 Å². The molecule has 2 aliphatic heterocycles. The van der Waals surface area contributed by atoms with E-state index in [4.69, 9.17) is 4.74 Å². The minimum atomic E-state index is 0.0338. The van der Waals surface area contributed by atoms with E-state index >= 15 is 0 Å². The molecule has 3 rings (SSSR count). The van der Waals surface area contributed by atoms with Crippen LogP contribution in [0.25, 0.3) is 0 Å². The number of hydrogen-bond donors (Lipinski definition) is 1. The third kappa shape index (κ3) is 3.70. The van der Waals surface area contributed by atoms with Gasteiger partial charge < -0.3 is 19.9 Å². The molecule has 2 amide bonds. The van der Waals surface area contributed by atoms with Crippen molar-refractivity contribution in [1.82, 2.24) is 10.2 Å². The number of benzene rings is 1. The first-order valence-electron chi connectivity index (χ1n) is 8.66. The summed E-state index contributed by atoms with van der Waals surface area (Å²) in [6, 6.07) is 7.67. The van der Waals surface area contributed by atoms with Crippen LogP contribution in [-0.2, 0) is 9.59 Å². The zero-order valence-corrected chi connectivity index (χ0v) is 14.2. The summed E-state index contributed by atoms with van der Waals surface area (Å²) in [4.78, 5) is 27.8. The van der Waals surface area contributed by atoms with Crippen molar-refractivity contribution >= 4 is 17.5 Å². The molecule has 0 saturated carbocycles. The van der Waals surface area contributed by atoms with Gasteiger partial charge in [0.15, 0.2) is 6.61 Å². The molecule has 0 bridgehead atoms. The van der Waals surface area contributed by atoms with Crippen LogP contribution in [0, 0.1) is 0 Å². The molecule has 2 fully saturated rings. The second kappa shape index (κ2) is 7.66. The number of amides is 2. The van der Waals surface area contributed by atoms with Crippen molar-refractivity contribution < 1.29 is 14.3 Å². The molecular weight excluding hydrogens is 306 g/mol. The number of likely N-dealkylation sites (tertiary alicyclic amines) is 1. The van der Waals surface area contributed by atoms with Gasteiger partial charge in [0, 0.05) is 37.8 Å². The third-order valence-corrected chi connectivity index (χ3v) is 4.72. The van der Waals surface area contributed by atoms with Gasteiger partial charge in [-0.3, -0.25) is 9.59 Å². The zero-order valence-electron chi connectivity index (χ0n) is 14.2. The summed E-state index contributed by atoms with van der Waals surface area (Å²) < 4.78 is 5.64. The highest BCUT2D eigenvalue weighted by atomic mass is 16.5. The average molecular weight is 331 g/mol. The van der Waals surface area contributed by atoms with Crippen molar-refractivity contribution in [3.8, 4) is 5.75 Å². The standard InChI is InChI=1S/C18H25N3O3/c1-19-12-15-4-2-10-21(15)18(23)13-24-16-8-6-14(7-9-16)20-11-3-5-17(20)22/h6-9,15,19H,2-5,10-13H2,1H3. The van der Waals surface area contributed by atoms with E-state index in [1.54, 1.807) is 4.90 Å². The number of carbonyl (C=O) groups is 2. The molecule has 1 atom stereocenters. The first kappa shape index (κ1) is 16.8. The summed E-state index contributed by atoms with van der Waals surface area (Å²) >= 11 is 0. The van der Waals surface area contributed by atoms with E-state index in [0.29, 0.717) is 12.2 Å². The summed E-state index contributed by atoms with van der Waals surface area (Å²) in [6.45, 7) is 2.47. The first-order chi connectivity index (χ1) is 11.7. The van der Waals surface area contributed by atoms with Crippen molar-refractivity contribution in [2.75, 3.05) is 38.2 Å². The van der Waals surface area contributed by atoms with Crippen LogP contribution in [-0.4, -0.2) is 56.0 Å². The lowest BCUT2D eigenvalue weighted by atomic mass is 10.2. The second-order valence-electron chi connectivity index (χ2n) is 6.37. The quantitative estimate of drug-likeness (QED) is 0.856. The normalized spacial score (nSPS) is 20.7. The first-order valence-corrected chi connectivity index (χ1v) is 8.66. The number of ether oxygens (including phenoxy) is 1. The number of nitrogens with zero attached hydrogens (tertiary/aromatic N) is 2. The fourth-order valence-corrected chi connectivity index (χ4v) is 3.48. The van der Waals surface area contributed by atoms with Crippen LogP contribution in [0.3, 0.4) is 0 Å². The highest BCUT2D eigenvalue weighted by Crippen LogP contribution is 2.24. The van der Waals surface area contributed by atoms with Gasteiger partial charge in [-0.2, -0.15) is 0 Å². The maximum absolute atomic E-state index is 12.3. The molecule has 6 nitrogen and oxygen atoms in total. The van der Waals surface area contributed by atoms with E-state index < -0.39 is 0 Å². The summed E-state index contributed by atoms with van der Waals surface area (Å²) in [5.74, 6) is 0.859. The predicted molar refractivity (Wildman–Crippen MR) is 92.2 cm³/mol. The van der Waals surface area contributed by atoms with Crippen molar-refractivity contribution in [3.05, 3.63) is 24.3 Å². The SMILES string of the molecule is CNCC1CCCN1C(=O)COc1ccc(N2CCCC2=O)cc1. The monoisotopic (exact) mass is 331 g/mol. The van der Waals surface area contributed by atoms with E-state index in [1.165, 1.54) is 0 Å². The van der Waals surface area contributed by atoms with Gasteiger partial charge in [0.25, 0.3) is 5.91 Å². The van der Waals surface area contributed by atoms with Crippen molar-refractivity contribution in [2.45, 2.75) is 31.7 Å². The van der Waals surface area contributed by atoms with E-state index in [-0.39, 0.29) is 24.5 Å². The number of anilines is 1. The number of likely N-dealkylation sites (N-methyl/N-ethyl adjacent to an activating group) is 1. The second-order valence-corrected chi connectivity index (χ2v) is 6.37. The minimum absolute atomic E-state index is 0.0338. The Morgan fingerprint density at radius 2 is 2.04 bits per heavy atom. The zero-order chi connectivity index (χ0) is 16.9. The highest BCUT2D eigenvalue weighted by Gasteiger charge is 2.28. The van der Waals surface area contributed by atoms with Crippen molar-refractivity contribution in [3.63, 3.8) is 0 Å². The Morgan fingerprint density at radius 3 is 2.71 bits per heavy atom. The fourth-order valence-electron chi connectivity index (χ4n) is 3.48. The van der Waals surface area contributed by atoms with Gasteiger partial charge in [-0.05, 0) is 50.6 Å². The number of rotatable bonds is 6. The third-order valence-electron chi connectivity index (χ3n) is 4.72. The summed E-state index contributed by atoms with van der Waals surface area (Å²) in [7, 11) is 1.91. The Kier molecular flexibility index (Phi) is 5.35. The van der Waals surface area contributed by atoms with E-state index in [0.717, 1.165) is 44.6 Å². The minimum Gasteiger partial charge on any atom is -0.484 e. The Balaban J connectivity index is 1.53. The number of nitrogens with one attached hydrogen (secondary N) is 1. The Hall–Kier alpha value is -2.08. The lowest BCUT2D eigenvalue weighted by molar-refractivity contribution is -0.134. The van der Waals surface area contributed by atoms with Gasteiger partial charge >= 0.3 is 0 Å². The molecule has 24 heavy (non-hydrogen) atoms. The molecule has 0 aliphatic carbocycles. The Labute approximate surface area is 142 Å².